The van der Waals surface area contributed by atoms with Crippen LogP contribution in [-0.2, 0) is 15.9 Å². The van der Waals surface area contributed by atoms with Crippen LogP contribution in [0.5, 0.6) is 5.75 Å². The number of nitrogens with zero attached hydrogens (tertiary/aromatic N) is 1. The molecule has 0 aromatic carbocycles. The molecule has 3 unspecified atom stereocenters. The van der Waals surface area contributed by atoms with Gasteiger partial charge in [-0.25, -0.2) is 0 Å². The van der Waals surface area contributed by atoms with E-state index in [1.165, 1.54) is 0 Å². The molecule has 0 amide bonds. The normalized spacial score (nSPS) is 25.3. The van der Waals surface area contributed by atoms with Gasteiger partial charge in [0.15, 0.2) is 0 Å². The minimum atomic E-state index is -0.0591. The fraction of sp³-hybridized carbons (Fsp3) is 0.667. The summed E-state index contributed by atoms with van der Waals surface area (Å²) in [6.45, 7) is 5.18. The van der Waals surface area contributed by atoms with Crippen LogP contribution in [0.4, 0.5) is 0 Å². The van der Waals surface area contributed by atoms with E-state index >= 15 is 0 Å². The van der Waals surface area contributed by atoms with Gasteiger partial charge in [-0.15, -0.1) is 0 Å². The topological polar surface area (TPSA) is 66.6 Å². The molecule has 0 spiro atoms. The second-order valence-corrected chi connectivity index (χ2v) is 5.14. The van der Waals surface area contributed by atoms with Crippen molar-refractivity contribution in [3.8, 4) is 5.75 Å². The largest absolute Gasteiger partial charge is 0.486 e. The summed E-state index contributed by atoms with van der Waals surface area (Å²) in [5.74, 6) is 0.843. The van der Waals surface area contributed by atoms with Crippen molar-refractivity contribution >= 4 is 0 Å². The number of pyridine rings is 1. The van der Waals surface area contributed by atoms with Gasteiger partial charge in [0.25, 0.3) is 0 Å². The molecule has 2 N–H and O–H groups in total. The minimum Gasteiger partial charge on any atom is -0.486 e. The second-order valence-electron chi connectivity index (χ2n) is 5.14. The molecular formula is C15H24N2O3. The van der Waals surface area contributed by atoms with Gasteiger partial charge in [-0.05, 0) is 25.5 Å². The van der Waals surface area contributed by atoms with E-state index < -0.39 is 0 Å². The van der Waals surface area contributed by atoms with E-state index in [1.54, 1.807) is 7.11 Å². The molecule has 0 saturated heterocycles. The summed E-state index contributed by atoms with van der Waals surface area (Å²) in [5, 5.41) is 0. The van der Waals surface area contributed by atoms with Crippen LogP contribution >= 0.6 is 0 Å². The number of methoxy groups -OCH3 is 1. The predicted molar refractivity (Wildman–Crippen MR) is 77.0 cm³/mol. The van der Waals surface area contributed by atoms with Crippen molar-refractivity contribution in [2.24, 2.45) is 5.73 Å². The first-order valence-corrected chi connectivity index (χ1v) is 7.15. The first-order chi connectivity index (χ1) is 9.65. The summed E-state index contributed by atoms with van der Waals surface area (Å²) in [6.07, 6.45) is 1.62. The molecule has 0 radical (unpaired) electrons. The molecule has 2 rings (SSSR count). The van der Waals surface area contributed by atoms with Crippen molar-refractivity contribution in [3.63, 3.8) is 0 Å². The Bertz CT molecular complexity index is 439. The summed E-state index contributed by atoms with van der Waals surface area (Å²) in [6, 6.07) is 3.99. The Morgan fingerprint density at radius 3 is 2.80 bits per heavy atom. The zero-order valence-corrected chi connectivity index (χ0v) is 12.5. The highest BCUT2D eigenvalue weighted by Crippen LogP contribution is 2.29. The lowest BCUT2D eigenvalue weighted by molar-refractivity contribution is -0.107. The number of hydrogen-bond acceptors (Lipinski definition) is 5. The monoisotopic (exact) mass is 280 g/mol. The highest BCUT2D eigenvalue weighted by atomic mass is 16.6. The Labute approximate surface area is 120 Å². The highest BCUT2D eigenvalue weighted by Gasteiger charge is 2.41. The molecule has 1 fully saturated rings. The average molecular weight is 280 g/mol. The molecule has 20 heavy (non-hydrogen) atoms. The van der Waals surface area contributed by atoms with Crippen LogP contribution in [-0.4, -0.2) is 43.6 Å². The molecule has 1 aliphatic carbocycles. The Morgan fingerprint density at radius 2 is 2.15 bits per heavy atom. The number of rotatable bonds is 7. The standard InChI is InChI=1S/C15H24N2O3/c1-4-12-13(6-5-10(2)17-12)20-14-9-11(16)15(14)19-8-7-18-3/h5-6,11,14-15H,4,7-9,16H2,1-3H3. The second kappa shape index (κ2) is 7.02. The van der Waals surface area contributed by atoms with Crippen LogP contribution in [0, 0.1) is 6.92 Å². The molecule has 1 saturated carbocycles. The van der Waals surface area contributed by atoms with Gasteiger partial charge in [-0.1, -0.05) is 6.92 Å². The highest BCUT2D eigenvalue weighted by molar-refractivity contribution is 5.30. The number of aromatic nitrogens is 1. The quantitative estimate of drug-likeness (QED) is 0.766. The first kappa shape index (κ1) is 15.2. The maximum absolute atomic E-state index is 6.03. The van der Waals surface area contributed by atoms with E-state index in [-0.39, 0.29) is 18.2 Å². The van der Waals surface area contributed by atoms with E-state index in [2.05, 4.69) is 11.9 Å². The van der Waals surface area contributed by atoms with Gasteiger partial charge in [0.1, 0.15) is 18.0 Å². The summed E-state index contributed by atoms with van der Waals surface area (Å²) in [4.78, 5) is 4.51. The van der Waals surface area contributed by atoms with Crippen molar-refractivity contribution in [1.82, 2.24) is 4.98 Å². The molecule has 0 bridgehead atoms. The summed E-state index contributed by atoms with van der Waals surface area (Å²) in [5.41, 5.74) is 7.98. The lowest BCUT2D eigenvalue weighted by Gasteiger charge is -2.42. The van der Waals surface area contributed by atoms with Crippen LogP contribution in [0.25, 0.3) is 0 Å². The maximum atomic E-state index is 6.03. The minimum absolute atomic E-state index is 0.0108. The summed E-state index contributed by atoms with van der Waals surface area (Å²) >= 11 is 0. The van der Waals surface area contributed by atoms with Crippen molar-refractivity contribution < 1.29 is 14.2 Å². The van der Waals surface area contributed by atoms with Gasteiger partial charge >= 0.3 is 0 Å². The van der Waals surface area contributed by atoms with Gasteiger partial charge < -0.3 is 19.9 Å². The van der Waals surface area contributed by atoms with Gasteiger partial charge in [0, 0.05) is 25.3 Å². The first-order valence-electron chi connectivity index (χ1n) is 7.15. The molecule has 5 heteroatoms. The van der Waals surface area contributed by atoms with Crippen molar-refractivity contribution in [2.45, 2.75) is 44.9 Å². The Balaban J connectivity index is 1.95. The zero-order chi connectivity index (χ0) is 14.5. The van der Waals surface area contributed by atoms with E-state index in [1.807, 2.05) is 19.1 Å². The Morgan fingerprint density at radius 1 is 1.35 bits per heavy atom. The van der Waals surface area contributed by atoms with Crippen LogP contribution in [0.15, 0.2) is 12.1 Å². The van der Waals surface area contributed by atoms with Gasteiger partial charge in [-0.2, -0.15) is 0 Å². The van der Waals surface area contributed by atoms with Crippen LogP contribution in [0.2, 0.25) is 0 Å². The summed E-state index contributed by atoms with van der Waals surface area (Å²) in [7, 11) is 1.66. The molecule has 112 valence electrons. The molecule has 3 atom stereocenters. The number of aryl methyl sites for hydroxylation is 2. The molecule has 0 aliphatic heterocycles. The fourth-order valence-electron chi connectivity index (χ4n) is 2.35. The van der Waals surface area contributed by atoms with Crippen LogP contribution in [0.3, 0.4) is 0 Å². The third kappa shape index (κ3) is 3.48. The summed E-state index contributed by atoms with van der Waals surface area (Å²) < 4.78 is 16.7. The van der Waals surface area contributed by atoms with Crippen LogP contribution in [0.1, 0.15) is 24.7 Å². The van der Waals surface area contributed by atoms with E-state index in [0.29, 0.717) is 13.2 Å². The average Bonchev–Trinajstić information content (AvgIpc) is 2.44. The third-order valence-corrected chi connectivity index (χ3v) is 3.58. The fourth-order valence-corrected chi connectivity index (χ4v) is 2.35. The molecule has 1 aromatic rings. The number of ether oxygens (including phenoxy) is 3. The smallest absolute Gasteiger partial charge is 0.141 e. The van der Waals surface area contributed by atoms with Crippen LogP contribution < -0.4 is 10.5 Å². The predicted octanol–water partition coefficient (Wildman–Crippen LogP) is 1.46. The van der Waals surface area contributed by atoms with Gasteiger partial charge in [0.2, 0.25) is 0 Å². The van der Waals surface area contributed by atoms with Gasteiger partial charge in [-0.3, -0.25) is 4.98 Å². The SMILES string of the molecule is CCc1nc(C)ccc1OC1CC(N)C1OCCOC. The van der Waals surface area contributed by atoms with Crippen molar-refractivity contribution in [1.29, 1.82) is 0 Å². The van der Waals surface area contributed by atoms with Crippen molar-refractivity contribution in [2.75, 3.05) is 20.3 Å². The molecule has 1 aromatic heterocycles. The maximum Gasteiger partial charge on any atom is 0.141 e. The molecular weight excluding hydrogens is 256 g/mol. The Kier molecular flexibility index (Phi) is 5.34. The third-order valence-electron chi connectivity index (χ3n) is 3.58. The van der Waals surface area contributed by atoms with E-state index in [0.717, 1.165) is 30.0 Å². The Hall–Kier alpha value is -1.17. The lowest BCUT2D eigenvalue weighted by Crippen LogP contribution is -2.59. The number of nitrogens with two attached hydrogens (primary N) is 1. The van der Waals surface area contributed by atoms with Gasteiger partial charge in [0.05, 0.1) is 18.9 Å². The molecule has 5 nitrogen and oxygen atoms in total. The van der Waals surface area contributed by atoms with Crippen molar-refractivity contribution in [3.05, 3.63) is 23.5 Å². The van der Waals surface area contributed by atoms with E-state index in [9.17, 15) is 0 Å². The molecule has 1 heterocycles. The lowest BCUT2D eigenvalue weighted by atomic mass is 9.86. The zero-order valence-electron chi connectivity index (χ0n) is 12.5. The van der Waals surface area contributed by atoms with E-state index in [4.69, 9.17) is 19.9 Å². The number of hydrogen-bond donors (Lipinski definition) is 1. The molecule has 1 aliphatic rings.